The summed E-state index contributed by atoms with van der Waals surface area (Å²) < 4.78 is 26.6. The van der Waals surface area contributed by atoms with E-state index < -0.39 is 29.1 Å². The van der Waals surface area contributed by atoms with Gasteiger partial charge in [0.2, 0.25) is 0 Å². The highest BCUT2D eigenvalue weighted by atomic mass is 19.1. The fraction of sp³-hybridized carbons (Fsp3) is 0.167. The monoisotopic (exact) mass is 343 g/mol. The van der Waals surface area contributed by atoms with Crippen LogP contribution in [0, 0.1) is 11.6 Å². The molecule has 128 valence electrons. The third-order valence-electron chi connectivity index (χ3n) is 4.14. The maximum Gasteiger partial charge on any atom is 0.346 e. The van der Waals surface area contributed by atoms with Crippen LogP contribution < -0.4 is 5.32 Å². The van der Waals surface area contributed by atoms with Crippen molar-refractivity contribution < 1.29 is 18.4 Å². The Morgan fingerprint density at radius 3 is 2.52 bits per heavy atom. The lowest BCUT2D eigenvalue weighted by Crippen LogP contribution is -2.43. The van der Waals surface area contributed by atoms with Gasteiger partial charge >= 0.3 is 6.03 Å². The van der Waals surface area contributed by atoms with Gasteiger partial charge in [-0.3, -0.25) is 4.79 Å². The van der Waals surface area contributed by atoms with Crippen LogP contribution in [0.1, 0.15) is 24.5 Å². The highest BCUT2D eigenvalue weighted by molar-refractivity contribution is 6.07. The molecule has 0 saturated carbocycles. The minimum absolute atomic E-state index is 0.0318. The van der Waals surface area contributed by atoms with E-state index in [-0.39, 0.29) is 5.56 Å². The summed E-state index contributed by atoms with van der Waals surface area (Å²) in [7, 11) is 0. The van der Waals surface area contributed by atoms with E-state index in [1.165, 1.54) is 6.07 Å². The first-order valence-corrected chi connectivity index (χ1v) is 7.69. The summed E-state index contributed by atoms with van der Waals surface area (Å²) in [5, 5.41) is 7.13. The zero-order chi connectivity index (χ0) is 18.0. The van der Waals surface area contributed by atoms with Crippen molar-refractivity contribution >= 4 is 18.2 Å². The van der Waals surface area contributed by atoms with E-state index in [4.69, 9.17) is 0 Å². The number of carbonyl (C=O) groups excluding carboxylic acids is 2. The van der Waals surface area contributed by atoms with Gasteiger partial charge in [0.1, 0.15) is 17.2 Å². The van der Waals surface area contributed by atoms with E-state index in [0.29, 0.717) is 23.1 Å². The molecule has 1 fully saturated rings. The topological polar surface area (TPSA) is 61.8 Å². The first-order valence-electron chi connectivity index (χ1n) is 7.69. The zero-order valence-corrected chi connectivity index (χ0v) is 13.4. The summed E-state index contributed by atoms with van der Waals surface area (Å²) in [5.74, 6) is -2.11. The Morgan fingerprint density at radius 1 is 1.16 bits per heavy atom. The number of urea groups is 1. The number of hydrazone groups is 1. The van der Waals surface area contributed by atoms with Crippen LogP contribution in [0.5, 0.6) is 0 Å². The molecule has 1 atom stereocenters. The van der Waals surface area contributed by atoms with Crippen LogP contribution >= 0.6 is 0 Å². The zero-order valence-electron chi connectivity index (χ0n) is 13.4. The van der Waals surface area contributed by atoms with Gasteiger partial charge in [-0.2, -0.15) is 5.10 Å². The van der Waals surface area contributed by atoms with E-state index in [9.17, 15) is 18.4 Å². The molecule has 0 bridgehead atoms. The van der Waals surface area contributed by atoms with Crippen LogP contribution in [0.25, 0.3) is 0 Å². The van der Waals surface area contributed by atoms with Crippen LogP contribution in [-0.2, 0) is 10.3 Å². The van der Waals surface area contributed by atoms with Crippen molar-refractivity contribution in [2.75, 3.05) is 0 Å². The molecule has 0 unspecified atom stereocenters. The molecule has 1 saturated heterocycles. The molecule has 2 aromatic rings. The predicted octanol–water partition coefficient (Wildman–Crippen LogP) is 3.16. The maximum absolute atomic E-state index is 13.7. The molecular weight excluding hydrogens is 328 g/mol. The molecule has 3 amide bonds. The Hall–Kier alpha value is -3.09. The largest absolute Gasteiger partial charge is 0.346 e. The predicted molar refractivity (Wildman–Crippen MR) is 87.7 cm³/mol. The molecule has 3 rings (SSSR count). The van der Waals surface area contributed by atoms with Gasteiger partial charge in [0.05, 0.1) is 6.21 Å². The van der Waals surface area contributed by atoms with Crippen molar-refractivity contribution in [1.29, 1.82) is 0 Å². The Balaban J connectivity index is 1.92. The van der Waals surface area contributed by atoms with Crippen LogP contribution in [0.15, 0.2) is 53.6 Å². The lowest BCUT2D eigenvalue weighted by atomic mass is 9.87. The number of amides is 3. The van der Waals surface area contributed by atoms with Crippen molar-refractivity contribution in [3.05, 3.63) is 71.3 Å². The average Bonchev–Trinajstić information content (AvgIpc) is 2.86. The smallest absolute Gasteiger partial charge is 0.318 e. The van der Waals surface area contributed by atoms with Crippen molar-refractivity contribution in [3.63, 3.8) is 0 Å². The average molecular weight is 343 g/mol. The second-order valence-corrected chi connectivity index (χ2v) is 5.58. The van der Waals surface area contributed by atoms with E-state index in [0.717, 1.165) is 12.3 Å². The fourth-order valence-corrected chi connectivity index (χ4v) is 2.76. The van der Waals surface area contributed by atoms with Gasteiger partial charge in [-0.05, 0) is 24.1 Å². The number of carbonyl (C=O) groups is 2. The van der Waals surface area contributed by atoms with Crippen molar-refractivity contribution in [3.8, 4) is 0 Å². The lowest BCUT2D eigenvalue weighted by molar-refractivity contribution is -0.131. The SMILES string of the molecule is CC[C@]1(c2ccccc2)NC(=O)N(/N=C\c2ccc(F)cc2F)C1=O. The summed E-state index contributed by atoms with van der Waals surface area (Å²) in [6.07, 6.45) is 1.35. The van der Waals surface area contributed by atoms with E-state index in [2.05, 4.69) is 10.4 Å². The Morgan fingerprint density at radius 2 is 1.88 bits per heavy atom. The second-order valence-electron chi connectivity index (χ2n) is 5.58. The highest BCUT2D eigenvalue weighted by Gasteiger charge is 2.51. The molecular formula is C18H15F2N3O2. The molecule has 1 aliphatic rings. The number of nitrogens with zero attached hydrogens (tertiary/aromatic N) is 2. The van der Waals surface area contributed by atoms with E-state index in [1.807, 2.05) is 0 Å². The molecule has 1 heterocycles. The van der Waals surface area contributed by atoms with Gasteiger partial charge in [-0.15, -0.1) is 5.01 Å². The molecule has 25 heavy (non-hydrogen) atoms. The molecule has 1 N–H and O–H groups in total. The minimum Gasteiger partial charge on any atom is -0.318 e. The van der Waals surface area contributed by atoms with E-state index in [1.54, 1.807) is 37.3 Å². The van der Waals surface area contributed by atoms with Crippen molar-refractivity contribution in [2.45, 2.75) is 18.9 Å². The number of nitrogens with one attached hydrogen (secondary N) is 1. The summed E-state index contributed by atoms with van der Waals surface area (Å²) in [6.45, 7) is 1.78. The molecule has 7 heteroatoms. The second kappa shape index (κ2) is 6.43. The van der Waals surface area contributed by atoms with Crippen LogP contribution in [-0.4, -0.2) is 23.2 Å². The van der Waals surface area contributed by atoms with Gasteiger partial charge in [0.25, 0.3) is 5.91 Å². The third-order valence-corrected chi connectivity index (χ3v) is 4.14. The minimum atomic E-state index is -1.21. The normalized spacial score (nSPS) is 20.4. The Bertz CT molecular complexity index is 855. The Kier molecular flexibility index (Phi) is 4.31. The molecule has 0 aromatic heterocycles. The van der Waals surface area contributed by atoms with E-state index >= 15 is 0 Å². The lowest BCUT2D eigenvalue weighted by Gasteiger charge is -2.24. The number of hydrogen-bond acceptors (Lipinski definition) is 3. The first-order chi connectivity index (χ1) is 12.0. The molecule has 0 aliphatic carbocycles. The fourth-order valence-electron chi connectivity index (χ4n) is 2.76. The number of halogens is 2. The van der Waals surface area contributed by atoms with Crippen LogP contribution in [0.4, 0.5) is 13.6 Å². The summed E-state index contributed by atoms with van der Waals surface area (Å²) in [5.41, 5.74) is -0.603. The molecule has 1 aliphatic heterocycles. The number of benzene rings is 2. The standard InChI is InChI=1S/C18H15F2N3O2/c1-2-18(13-6-4-3-5-7-13)16(24)23(17(25)22-18)21-11-12-8-9-14(19)10-15(12)20/h3-11H,2H2,1H3,(H,22,25)/b21-11-/t18-/m1/s1. The molecule has 2 aromatic carbocycles. The van der Waals surface area contributed by atoms with Gasteiger partial charge in [-0.25, -0.2) is 13.6 Å². The van der Waals surface area contributed by atoms with Crippen LogP contribution in [0.2, 0.25) is 0 Å². The summed E-state index contributed by atoms with van der Waals surface area (Å²) in [4.78, 5) is 25.0. The van der Waals surface area contributed by atoms with Gasteiger partial charge < -0.3 is 5.32 Å². The molecule has 5 nitrogen and oxygen atoms in total. The molecule has 0 radical (unpaired) electrons. The quantitative estimate of drug-likeness (QED) is 0.685. The van der Waals surface area contributed by atoms with Crippen LogP contribution in [0.3, 0.4) is 0 Å². The first kappa shape index (κ1) is 16.8. The summed E-state index contributed by atoms with van der Waals surface area (Å²) >= 11 is 0. The molecule has 0 spiro atoms. The Labute approximate surface area is 143 Å². The summed E-state index contributed by atoms with van der Waals surface area (Å²) in [6, 6.07) is 11.1. The number of imide groups is 1. The highest BCUT2D eigenvalue weighted by Crippen LogP contribution is 2.32. The van der Waals surface area contributed by atoms with Crippen molar-refractivity contribution in [1.82, 2.24) is 10.3 Å². The van der Waals surface area contributed by atoms with Crippen molar-refractivity contribution in [2.24, 2.45) is 5.10 Å². The number of hydrogen-bond donors (Lipinski definition) is 1. The maximum atomic E-state index is 13.7. The van der Waals surface area contributed by atoms with Gasteiger partial charge in [0, 0.05) is 11.6 Å². The van der Waals surface area contributed by atoms with Gasteiger partial charge in [0.15, 0.2) is 0 Å². The third kappa shape index (κ3) is 2.88. The number of rotatable bonds is 4. The van der Waals surface area contributed by atoms with Gasteiger partial charge in [-0.1, -0.05) is 37.3 Å².